The number of allylic oxidation sites excluding steroid dienone is 3. The van der Waals surface area contributed by atoms with Gasteiger partial charge in [0.1, 0.15) is 6.07 Å². The lowest BCUT2D eigenvalue weighted by Crippen LogP contribution is -2.46. The summed E-state index contributed by atoms with van der Waals surface area (Å²) in [4.78, 5) is 13.1. The fourth-order valence-corrected chi connectivity index (χ4v) is 4.35. The van der Waals surface area contributed by atoms with E-state index in [1.165, 1.54) is 0 Å². The predicted molar refractivity (Wildman–Crippen MR) is 101 cm³/mol. The van der Waals surface area contributed by atoms with Crippen LogP contribution in [0, 0.1) is 28.1 Å². The highest BCUT2D eigenvalue weighted by atomic mass is 16.5. The normalized spacial score (nSPS) is 25.1. The lowest BCUT2D eigenvalue weighted by atomic mass is 9.61. The summed E-state index contributed by atoms with van der Waals surface area (Å²) < 4.78 is 5.29. The predicted octanol–water partition coefficient (Wildman–Crippen LogP) is 3.85. The molecule has 0 heterocycles. The first-order chi connectivity index (χ1) is 13.1. The topological polar surface area (TPSA) is 99.9 Å². The number of carbonyl (C=O) groups is 1. The van der Waals surface area contributed by atoms with E-state index < -0.39 is 17.3 Å². The standard InChI is InChI=1S/C22H23N3O2/c1-2-27-21(26)22(14-24)19(15-9-5-3-6-10-15)17-12-8-4-7-11-16(17)18(13-23)20(22)25/h3,5-6,9-10,19H,2,4,7-8,11-12,25H2,1H3/t19-,22+/m0/s1. The van der Waals surface area contributed by atoms with Crippen molar-refractivity contribution in [1.82, 2.24) is 0 Å². The molecule has 1 aromatic rings. The van der Waals surface area contributed by atoms with Crippen molar-refractivity contribution in [2.24, 2.45) is 11.1 Å². The van der Waals surface area contributed by atoms with E-state index in [9.17, 15) is 15.3 Å². The summed E-state index contributed by atoms with van der Waals surface area (Å²) in [6.45, 7) is 1.84. The molecule has 27 heavy (non-hydrogen) atoms. The summed E-state index contributed by atoms with van der Waals surface area (Å²) in [5, 5.41) is 20.0. The molecule has 2 atom stereocenters. The number of nitrogens with zero attached hydrogens (tertiary/aromatic N) is 2. The van der Waals surface area contributed by atoms with Crippen LogP contribution in [0.1, 0.15) is 50.5 Å². The third kappa shape index (κ3) is 2.90. The molecule has 0 unspecified atom stereocenters. The quantitative estimate of drug-likeness (QED) is 0.824. The maximum Gasteiger partial charge on any atom is 0.333 e. The molecule has 0 radical (unpaired) electrons. The molecule has 2 N–H and O–H groups in total. The molecule has 2 aliphatic carbocycles. The number of hydrogen-bond donors (Lipinski definition) is 1. The van der Waals surface area contributed by atoms with Crippen molar-refractivity contribution in [3.63, 3.8) is 0 Å². The van der Waals surface area contributed by atoms with Crippen molar-refractivity contribution < 1.29 is 9.53 Å². The molecule has 0 aromatic heterocycles. The zero-order chi connectivity index (χ0) is 19.4. The smallest absolute Gasteiger partial charge is 0.333 e. The minimum absolute atomic E-state index is 0.0282. The number of hydrogen-bond acceptors (Lipinski definition) is 5. The van der Waals surface area contributed by atoms with Crippen molar-refractivity contribution in [2.75, 3.05) is 6.61 Å². The van der Waals surface area contributed by atoms with Gasteiger partial charge in [-0.15, -0.1) is 0 Å². The van der Waals surface area contributed by atoms with Crippen molar-refractivity contribution >= 4 is 5.97 Å². The lowest BCUT2D eigenvalue weighted by molar-refractivity contribution is -0.151. The van der Waals surface area contributed by atoms with Gasteiger partial charge in [-0.3, -0.25) is 0 Å². The molecule has 0 bridgehead atoms. The van der Waals surface area contributed by atoms with E-state index >= 15 is 0 Å². The SMILES string of the molecule is CCOC(=O)[C@@]1(C#N)C(N)=C(C#N)C2=C(CCCCC2)[C@@H]1c1ccccc1. The second kappa shape index (κ2) is 7.68. The Kier molecular flexibility index (Phi) is 5.33. The maximum absolute atomic E-state index is 13.1. The largest absolute Gasteiger partial charge is 0.464 e. The van der Waals surface area contributed by atoms with Crippen LogP contribution in [0.15, 0.2) is 52.7 Å². The third-order valence-corrected chi connectivity index (χ3v) is 5.56. The van der Waals surface area contributed by atoms with Gasteiger partial charge in [-0.2, -0.15) is 10.5 Å². The Bertz CT molecular complexity index is 886. The fraction of sp³-hybridized carbons (Fsp3) is 0.409. The second-order valence-corrected chi connectivity index (χ2v) is 6.95. The number of carbonyl (C=O) groups excluding carboxylic acids is 1. The number of ether oxygens (including phenoxy) is 1. The molecule has 5 nitrogen and oxygen atoms in total. The van der Waals surface area contributed by atoms with E-state index in [2.05, 4.69) is 12.1 Å². The van der Waals surface area contributed by atoms with Crippen molar-refractivity contribution in [2.45, 2.75) is 44.9 Å². The molecular weight excluding hydrogens is 338 g/mol. The molecule has 0 fully saturated rings. The highest BCUT2D eigenvalue weighted by molar-refractivity contribution is 5.88. The van der Waals surface area contributed by atoms with E-state index in [-0.39, 0.29) is 17.9 Å². The summed E-state index contributed by atoms with van der Waals surface area (Å²) >= 11 is 0. The molecule has 0 saturated heterocycles. The molecule has 3 rings (SSSR count). The van der Waals surface area contributed by atoms with Gasteiger partial charge in [0, 0.05) is 5.92 Å². The highest BCUT2D eigenvalue weighted by Crippen LogP contribution is 2.54. The van der Waals surface area contributed by atoms with Gasteiger partial charge in [0.15, 0.2) is 0 Å². The number of esters is 1. The third-order valence-electron chi connectivity index (χ3n) is 5.56. The number of rotatable bonds is 3. The van der Waals surface area contributed by atoms with E-state index in [0.717, 1.165) is 48.8 Å². The first-order valence-corrected chi connectivity index (χ1v) is 9.37. The summed E-state index contributed by atoms with van der Waals surface area (Å²) in [5.74, 6) is -1.21. The zero-order valence-corrected chi connectivity index (χ0v) is 15.5. The van der Waals surface area contributed by atoms with Gasteiger partial charge >= 0.3 is 5.97 Å². The van der Waals surface area contributed by atoms with Gasteiger partial charge in [-0.25, -0.2) is 4.79 Å². The molecule has 138 valence electrons. The monoisotopic (exact) mass is 361 g/mol. The molecule has 5 heteroatoms. The van der Waals surface area contributed by atoms with E-state index in [4.69, 9.17) is 10.5 Å². The van der Waals surface area contributed by atoms with E-state index in [1.54, 1.807) is 6.92 Å². The minimum atomic E-state index is -1.72. The van der Waals surface area contributed by atoms with E-state index in [0.29, 0.717) is 0 Å². The Morgan fingerprint density at radius 2 is 1.93 bits per heavy atom. The minimum Gasteiger partial charge on any atom is -0.464 e. The van der Waals surface area contributed by atoms with Gasteiger partial charge in [-0.1, -0.05) is 42.3 Å². The van der Waals surface area contributed by atoms with Crippen LogP contribution in [0.3, 0.4) is 0 Å². The van der Waals surface area contributed by atoms with Crippen molar-refractivity contribution in [3.05, 3.63) is 58.3 Å². The summed E-state index contributed by atoms with van der Waals surface area (Å²) in [5.41, 5.74) is 7.74. The first kappa shape index (κ1) is 18.7. The van der Waals surface area contributed by atoms with Gasteiger partial charge in [0.25, 0.3) is 0 Å². The average Bonchev–Trinajstić information content (AvgIpc) is 2.93. The Labute approximate surface area is 159 Å². The zero-order valence-electron chi connectivity index (χ0n) is 15.5. The molecule has 1 aromatic carbocycles. The Balaban J connectivity index is 2.35. The fourth-order valence-electron chi connectivity index (χ4n) is 4.35. The number of nitrogens with two attached hydrogens (primary N) is 1. The van der Waals surface area contributed by atoms with Gasteiger partial charge < -0.3 is 10.5 Å². The Morgan fingerprint density at radius 1 is 1.22 bits per heavy atom. The summed E-state index contributed by atoms with van der Waals surface area (Å²) in [7, 11) is 0. The Morgan fingerprint density at radius 3 is 2.56 bits per heavy atom. The maximum atomic E-state index is 13.1. The molecule has 0 spiro atoms. The van der Waals surface area contributed by atoms with Gasteiger partial charge in [0.05, 0.1) is 23.9 Å². The van der Waals surface area contributed by atoms with Crippen molar-refractivity contribution in [3.8, 4) is 12.1 Å². The van der Waals surface area contributed by atoms with Gasteiger partial charge in [-0.05, 0) is 43.7 Å². The van der Waals surface area contributed by atoms with Crippen molar-refractivity contribution in [1.29, 1.82) is 10.5 Å². The van der Waals surface area contributed by atoms with Gasteiger partial charge in [0.2, 0.25) is 5.41 Å². The first-order valence-electron chi connectivity index (χ1n) is 9.37. The molecule has 0 aliphatic heterocycles. The second-order valence-electron chi connectivity index (χ2n) is 6.95. The molecule has 2 aliphatic rings. The number of benzene rings is 1. The summed E-state index contributed by atoms with van der Waals surface area (Å²) in [6.07, 6.45) is 4.47. The summed E-state index contributed by atoms with van der Waals surface area (Å²) in [6, 6.07) is 13.8. The van der Waals surface area contributed by atoms with Crippen LogP contribution in [0.4, 0.5) is 0 Å². The number of nitriles is 2. The van der Waals surface area contributed by atoms with Crippen LogP contribution in [0.5, 0.6) is 0 Å². The Hall–Kier alpha value is -3.05. The van der Waals surface area contributed by atoms with Crippen LogP contribution in [-0.2, 0) is 9.53 Å². The molecule has 0 amide bonds. The van der Waals surface area contributed by atoms with Crippen LogP contribution in [-0.4, -0.2) is 12.6 Å². The van der Waals surface area contributed by atoms with Crippen LogP contribution in [0.25, 0.3) is 0 Å². The van der Waals surface area contributed by atoms with Crippen LogP contribution in [0.2, 0.25) is 0 Å². The van der Waals surface area contributed by atoms with E-state index in [1.807, 2.05) is 30.3 Å². The van der Waals surface area contributed by atoms with Crippen LogP contribution < -0.4 is 5.73 Å². The molecular formula is C22H23N3O2. The average molecular weight is 361 g/mol. The molecule has 0 saturated carbocycles. The van der Waals surface area contributed by atoms with Crippen LogP contribution >= 0.6 is 0 Å². The lowest BCUT2D eigenvalue weighted by Gasteiger charge is -2.40. The highest BCUT2D eigenvalue weighted by Gasteiger charge is 2.56.